The number of nitrogens with one attached hydrogen (secondary N) is 1. The van der Waals surface area contributed by atoms with Gasteiger partial charge in [-0.15, -0.1) is 0 Å². The van der Waals surface area contributed by atoms with Crippen LogP contribution in [0.4, 0.5) is 0 Å². The molecule has 0 saturated heterocycles. The fourth-order valence-corrected chi connectivity index (χ4v) is 1.78. The van der Waals surface area contributed by atoms with E-state index in [-0.39, 0.29) is 18.1 Å². The molecule has 0 heterocycles. The van der Waals surface area contributed by atoms with Crippen molar-refractivity contribution in [2.24, 2.45) is 0 Å². The average molecular weight is 209 g/mol. The number of amides is 1. The normalized spacial score (nSPS) is 15.7. The predicted octanol–water partition coefficient (Wildman–Crippen LogP) is 1.97. The van der Waals surface area contributed by atoms with Gasteiger partial charge in [-0.1, -0.05) is 11.6 Å². The number of rotatable bonds is 5. The molecule has 0 aromatic heterocycles. The highest BCUT2D eigenvalue weighted by molar-refractivity contribution is 5.96. The molecule has 1 aliphatic rings. The summed E-state index contributed by atoms with van der Waals surface area (Å²) < 4.78 is 0. The molecule has 0 unspecified atom stereocenters. The Morgan fingerprint density at radius 1 is 1.40 bits per heavy atom. The first-order valence-electron chi connectivity index (χ1n) is 5.62. The Labute approximate surface area is 90.9 Å². The summed E-state index contributed by atoms with van der Waals surface area (Å²) in [4.78, 5) is 21.8. The molecule has 0 aromatic rings. The quantitative estimate of drug-likeness (QED) is 0.556. The molecule has 0 radical (unpaired) electrons. The van der Waals surface area contributed by atoms with Gasteiger partial charge >= 0.3 is 0 Å². The van der Waals surface area contributed by atoms with Crippen molar-refractivity contribution in [3.63, 3.8) is 0 Å². The van der Waals surface area contributed by atoms with E-state index in [1.165, 1.54) is 38.2 Å². The van der Waals surface area contributed by atoms with Crippen LogP contribution in [-0.4, -0.2) is 18.2 Å². The van der Waals surface area contributed by atoms with Crippen LogP contribution in [0.15, 0.2) is 11.6 Å². The van der Waals surface area contributed by atoms with Gasteiger partial charge in [-0.05, 0) is 39.0 Å². The maximum atomic E-state index is 11.1. The highest BCUT2D eigenvalue weighted by Gasteiger charge is 2.06. The molecule has 1 aliphatic carbocycles. The predicted molar refractivity (Wildman–Crippen MR) is 59.5 cm³/mol. The van der Waals surface area contributed by atoms with Crippen LogP contribution in [0.1, 0.15) is 45.4 Å². The van der Waals surface area contributed by atoms with E-state index < -0.39 is 0 Å². The Morgan fingerprint density at radius 3 is 2.80 bits per heavy atom. The molecule has 15 heavy (non-hydrogen) atoms. The summed E-state index contributed by atoms with van der Waals surface area (Å²) in [6, 6.07) is 0. The van der Waals surface area contributed by atoms with Gasteiger partial charge in [-0.25, -0.2) is 0 Å². The zero-order chi connectivity index (χ0) is 11.1. The smallest absolute Gasteiger partial charge is 0.227 e. The van der Waals surface area contributed by atoms with Gasteiger partial charge in [0.25, 0.3) is 0 Å². The Kier molecular flexibility index (Phi) is 5.08. The zero-order valence-corrected chi connectivity index (χ0v) is 9.34. The van der Waals surface area contributed by atoms with Crippen LogP contribution in [-0.2, 0) is 9.59 Å². The van der Waals surface area contributed by atoms with Crippen molar-refractivity contribution < 1.29 is 9.59 Å². The highest BCUT2D eigenvalue weighted by Crippen LogP contribution is 2.19. The second-order valence-electron chi connectivity index (χ2n) is 4.09. The minimum atomic E-state index is -0.154. The third-order valence-electron chi connectivity index (χ3n) is 2.56. The van der Waals surface area contributed by atoms with Gasteiger partial charge in [0, 0.05) is 6.54 Å². The van der Waals surface area contributed by atoms with Crippen LogP contribution >= 0.6 is 0 Å². The number of ketones is 1. The van der Waals surface area contributed by atoms with E-state index in [4.69, 9.17) is 0 Å². The molecular weight excluding hydrogens is 190 g/mol. The van der Waals surface area contributed by atoms with Crippen LogP contribution in [0.3, 0.4) is 0 Å². The molecular formula is C12H19NO2. The van der Waals surface area contributed by atoms with E-state index in [1.807, 2.05) is 0 Å². The van der Waals surface area contributed by atoms with Crippen LogP contribution in [0.2, 0.25) is 0 Å². The monoisotopic (exact) mass is 209 g/mol. The summed E-state index contributed by atoms with van der Waals surface area (Å²) in [7, 11) is 0. The van der Waals surface area contributed by atoms with Crippen molar-refractivity contribution in [3.05, 3.63) is 11.6 Å². The summed E-state index contributed by atoms with van der Waals surface area (Å²) in [5.41, 5.74) is 1.45. The SMILES string of the molecule is CC(=O)CC(=O)NCCC1=CCCCC1. The minimum Gasteiger partial charge on any atom is -0.355 e. The van der Waals surface area contributed by atoms with E-state index in [1.54, 1.807) is 0 Å². The lowest BCUT2D eigenvalue weighted by molar-refractivity contribution is -0.127. The van der Waals surface area contributed by atoms with Crippen molar-refractivity contribution in [1.82, 2.24) is 5.32 Å². The summed E-state index contributed by atoms with van der Waals surface area (Å²) in [5, 5.41) is 2.76. The third-order valence-corrected chi connectivity index (χ3v) is 2.56. The van der Waals surface area contributed by atoms with Crippen molar-refractivity contribution in [1.29, 1.82) is 0 Å². The van der Waals surface area contributed by atoms with E-state index in [0.717, 1.165) is 6.42 Å². The topological polar surface area (TPSA) is 46.2 Å². The van der Waals surface area contributed by atoms with Crippen LogP contribution in [0, 0.1) is 0 Å². The highest BCUT2D eigenvalue weighted by atomic mass is 16.2. The lowest BCUT2D eigenvalue weighted by atomic mass is 9.97. The Bertz CT molecular complexity index is 269. The second-order valence-corrected chi connectivity index (χ2v) is 4.09. The summed E-state index contributed by atoms with van der Waals surface area (Å²) >= 11 is 0. The molecule has 3 nitrogen and oxygen atoms in total. The number of Topliss-reactive ketones (excluding diaryl/α,β-unsaturated/α-hetero) is 1. The molecule has 0 saturated carbocycles. The van der Waals surface area contributed by atoms with Crippen LogP contribution in [0.25, 0.3) is 0 Å². The molecule has 0 spiro atoms. The van der Waals surface area contributed by atoms with Crippen molar-refractivity contribution in [2.45, 2.75) is 45.4 Å². The second kappa shape index (κ2) is 6.38. The summed E-state index contributed by atoms with van der Waals surface area (Å²) in [6.07, 6.45) is 8.13. The van der Waals surface area contributed by atoms with E-state index in [9.17, 15) is 9.59 Å². The van der Waals surface area contributed by atoms with Crippen molar-refractivity contribution >= 4 is 11.7 Å². The Morgan fingerprint density at radius 2 is 2.20 bits per heavy atom. The molecule has 3 heteroatoms. The average Bonchev–Trinajstić information content (AvgIpc) is 2.18. The largest absolute Gasteiger partial charge is 0.355 e. The van der Waals surface area contributed by atoms with E-state index in [0.29, 0.717) is 6.54 Å². The fraction of sp³-hybridized carbons (Fsp3) is 0.667. The zero-order valence-electron chi connectivity index (χ0n) is 9.34. The van der Waals surface area contributed by atoms with Crippen LogP contribution < -0.4 is 5.32 Å². The molecule has 1 rings (SSSR count). The molecule has 84 valence electrons. The molecule has 0 aliphatic heterocycles. The lowest BCUT2D eigenvalue weighted by Crippen LogP contribution is -2.26. The number of hydrogen-bond acceptors (Lipinski definition) is 2. The van der Waals surface area contributed by atoms with Gasteiger partial charge in [-0.3, -0.25) is 9.59 Å². The van der Waals surface area contributed by atoms with Gasteiger partial charge in [0.1, 0.15) is 5.78 Å². The first kappa shape index (κ1) is 12.0. The maximum absolute atomic E-state index is 11.1. The molecule has 0 fully saturated rings. The fourth-order valence-electron chi connectivity index (χ4n) is 1.78. The Balaban J connectivity index is 2.12. The molecule has 1 amide bonds. The van der Waals surface area contributed by atoms with Crippen molar-refractivity contribution in [3.8, 4) is 0 Å². The van der Waals surface area contributed by atoms with E-state index in [2.05, 4.69) is 11.4 Å². The molecule has 0 aromatic carbocycles. The van der Waals surface area contributed by atoms with Gasteiger partial charge in [0.05, 0.1) is 6.42 Å². The molecule has 0 bridgehead atoms. The minimum absolute atomic E-state index is 0.0129. The Hall–Kier alpha value is -1.12. The summed E-state index contributed by atoms with van der Waals surface area (Å²) in [6.45, 7) is 2.10. The standard InChI is InChI=1S/C12H19NO2/c1-10(14)9-12(15)13-8-7-11-5-3-2-4-6-11/h5H,2-4,6-9H2,1H3,(H,13,15). The first-order chi connectivity index (χ1) is 7.18. The first-order valence-corrected chi connectivity index (χ1v) is 5.62. The molecule has 0 atom stereocenters. The third kappa shape index (κ3) is 5.35. The van der Waals surface area contributed by atoms with Crippen LogP contribution in [0.5, 0.6) is 0 Å². The maximum Gasteiger partial charge on any atom is 0.227 e. The number of carbonyl (C=O) groups excluding carboxylic acids is 2. The van der Waals surface area contributed by atoms with Crippen molar-refractivity contribution in [2.75, 3.05) is 6.54 Å². The lowest BCUT2D eigenvalue weighted by Gasteiger charge is -2.12. The van der Waals surface area contributed by atoms with Gasteiger partial charge in [-0.2, -0.15) is 0 Å². The number of hydrogen-bond donors (Lipinski definition) is 1. The molecule has 1 N–H and O–H groups in total. The van der Waals surface area contributed by atoms with E-state index >= 15 is 0 Å². The van der Waals surface area contributed by atoms with Gasteiger partial charge in [0.15, 0.2) is 0 Å². The van der Waals surface area contributed by atoms with Gasteiger partial charge < -0.3 is 5.32 Å². The number of allylic oxidation sites excluding steroid dienone is 1. The van der Waals surface area contributed by atoms with Gasteiger partial charge in [0.2, 0.25) is 5.91 Å². The number of carbonyl (C=O) groups is 2. The summed E-state index contributed by atoms with van der Waals surface area (Å²) in [5.74, 6) is -0.233.